The first kappa shape index (κ1) is 15.8. The van der Waals surface area contributed by atoms with Crippen molar-refractivity contribution in [2.24, 2.45) is 0 Å². The quantitative estimate of drug-likeness (QED) is 0.613. The highest BCUT2D eigenvalue weighted by Gasteiger charge is 2.04. The standard InChI is InChI=1S/C15H19NO4/c1-11(8-9-20-15(18)10-12(2)17)16-13-4-6-14(19-3)7-5-13/h4-8,16H,9-10H2,1-3H3/b11-8-. The Hall–Kier alpha value is -2.30. The van der Waals surface area contributed by atoms with Crippen LogP contribution in [-0.4, -0.2) is 25.5 Å². The van der Waals surface area contributed by atoms with Crippen molar-refractivity contribution in [3.63, 3.8) is 0 Å². The fraction of sp³-hybridized carbons (Fsp3) is 0.333. The summed E-state index contributed by atoms with van der Waals surface area (Å²) in [5.41, 5.74) is 1.76. The lowest BCUT2D eigenvalue weighted by Gasteiger charge is -2.08. The van der Waals surface area contributed by atoms with Crippen LogP contribution in [0.15, 0.2) is 36.0 Å². The lowest BCUT2D eigenvalue weighted by Crippen LogP contribution is -2.09. The number of rotatable bonds is 7. The van der Waals surface area contributed by atoms with Crippen LogP contribution in [0.3, 0.4) is 0 Å². The van der Waals surface area contributed by atoms with Crippen LogP contribution in [0.5, 0.6) is 5.75 Å². The topological polar surface area (TPSA) is 64.6 Å². The molecule has 0 amide bonds. The van der Waals surface area contributed by atoms with Gasteiger partial charge in [-0.3, -0.25) is 9.59 Å². The third-order valence-corrected chi connectivity index (χ3v) is 2.46. The summed E-state index contributed by atoms with van der Waals surface area (Å²) in [7, 11) is 1.61. The summed E-state index contributed by atoms with van der Waals surface area (Å²) in [4.78, 5) is 21.9. The van der Waals surface area contributed by atoms with Crippen molar-refractivity contribution in [1.82, 2.24) is 0 Å². The minimum Gasteiger partial charge on any atom is -0.497 e. The highest BCUT2D eigenvalue weighted by molar-refractivity contribution is 5.94. The Bertz CT molecular complexity index is 491. The number of hydrogen-bond acceptors (Lipinski definition) is 5. The first-order valence-electron chi connectivity index (χ1n) is 6.24. The highest BCUT2D eigenvalue weighted by atomic mass is 16.5. The third kappa shape index (κ3) is 6.04. The van der Waals surface area contributed by atoms with E-state index in [0.29, 0.717) is 0 Å². The van der Waals surface area contributed by atoms with Gasteiger partial charge in [-0.2, -0.15) is 0 Å². The Balaban J connectivity index is 2.41. The van der Waals surface area contributed by atoms with E-state index in [9.17, 15) is 9.59 Å². The molecule has 20 heavy (non-hydrogen) atoms. The molecule has 1 rings (SSSR count). The molecule has 0 unspecified atom stereocenters. The smallest absolute Gasteiger partial charge is 0.313 e. The summed E-state index contributed by atoms with van der Waals surface area (Å²) in [6.45, 7) is 3.36. The van der Waals surface area contributed by atoms with Gasteiger partial charge >= 0.3 is 5.97 Å². The van der Waals surface area contributed by atoms with Gasteiger partial charge in [0.25, 0.3) is 0 Å². The van der Waals surface area contributed by atoms with Gasteiger partial charge in [0.2, 0.25) is 0 Å². The molecule has 0 heterocycles. The first-order valence-corrected chi connectivity index (χ1v) is 6.24. The van der Waals surface area contributed by atoms with Crippen molar-refractivity contribution in [2.75, 3.05) is 19.0 Å². The minimum atomic E-state index is -0.508. The molecule has 0 aromatic heterocycles. The van der Waals surface area contributed by atoms with E-state index < -0.39 is 5.97 Å². The molecule has 0 aliphatic heterocycles. The van der Waals surface area contributed by atoms with Crippen molar-refractivity contribution >= 4 is 17.4 Å². The summed E-state index contributed by atoms with van der Waals surface area (Å²) in [5.74, 6) is 0.0772. The number of nitrogens with one attached hydrogen (secondary N) is 1. The SMILES string of the molecule is COc1ccc(N/C(C)=C\COC(=O)CC(C)=O)cc1. The van der Waals surface area contributed by atoms with Crippen LogP contribution in [-0.2, 0) is 14.3 Å². The van der Waals surface area contributed by atoms with E-state index in [-0.39, 0.29) is 18.8 Å². The van der Waals surface area contributed by atoms with Gasteiger partial charge in [0, 0.05) is 11.4 Å². The molecule has 0 spiro atoms. The van der Waals surface area contributed by atoms with Gasteiger partial charge in [0.05, 0.1) is 7.11 Å². The van der Waals surface area contributed by atoms with E-state index in [1.165, 1.54) is 6.92 Å². The summed E-state index contributed by atoms with van der Waals surface area (Å²) in [5, 5.41) is 3.16. The van der Waals surface area contributed by atoms with Gasteiger partial charge in [0.15, 0.2) is 0 Å². The molecule has 1 N–H and O–H groups in total. The predicted molar refractivity (Wildman–Crippen MR) is 76.6 cm³/mol. The average molecular weight is 277 g/mol. The van der Waals surface area contributed by atoms with Crippen LogP contribution in [0, 0.1) is 0 Å². The highest BCUT2D eigenvalue weighted by Crippen LogP contribution is 2.16. The van der Waals surface area contributed by atoms with E-state index >= 15 is 0 Å². The number of carbonyl (C=O) groups is 2. The molecule has 5 nitrogen and oxygen atoms in total. The molecule has 1 aromatic carbocycles. The van der Waals surface area contributed by atoms with Crippen LogP contribution in [0.4, 0.5) is 5.69 Å². The maximum Gasteiger partial charge on any atom is 0.313 e. The van der Waals surface area contributed by atoms with E-state index in [0.717, 1.165) is 17.1 Å². The molecule has 0 saturated carbocycles. The Morgan fingerprint density at radius 3 is 2.40 bits per heavy atom. The Labute approximate surface area is 118 Å². The van der Waals surface area contributed by atoms with E-state index in [4.69, 9.17) is 9.47 Å². The largest absolute Gasteiger partial charge is 0.497 e. The maximum atomic E-state index is 11.2. The Morgan fingerprint density at radius 1 is 1.20 bits per heavy atom. The normalized spacial score (nSPS) is 10.8. The zero-order valence-corrected chi connectivity index (χ0v) is 11.9. The summed E-state index contributed by atoms with van der Waals surface area (Å²) < 4.78 is 9.97. The minimum absolute atomic E-state index is 0.140. The molecule has 108 valence electrons. The number of ether oxygens (including phenoxy) is 2. The van der Waals surface area contributed by atoms with Gasteiger partial charge in [0.1, 0.15) is 24.6 Å². The number of carbonyl (C=O) groups excluding carboxylic acids is 2. The average Bonchev–Trinajstić information content (AvgIpc) is 2.38. The van der Waals surface area contributed by atoms with Crippen LogP contribution in [0.25, 0.3) is 0 Å². The molecule has 0 radical (unpaired) electrons. The Morgan fingerprint density at radius 2 is 1.85 bits per heavy atom. The second-order valence-corrected chi connectivity index (χ2v) is 4.30. The number of ketones is 1. The molecule has 1 aromatic rings. The molecule has 0 atom stereocenters. The monoisotopic (exact) mass is 277 g/mol. The number of methoxy groups -OCH3 is 1. The van der Waals surface area contributed by atoms with Gasteiger partial charge in [-0.25, -0.2) is 0 Å². The molecule has 0 fully saturated rings. The fourth-order valence-electron chi connectivity index (χ4n) is 1.47. The van der Waals surface area contributed by atoms with Crippen LogP contribution < -0.4 is 10.1 Å². The zero-order valence-electron chi connectivity index (χ0n) is 11.9. The molecule has 0 aliphatic carbocycles. The number of Topliss-reactive ketones (excluding diaryl/α,β-unsaturated/α-hetero) is 1. The molecule has 0 bridgehead atoms. The van der Waals surface area contributed by atoms with Crippen LogP contribution in [0.2, 0.25) is 0 Å². The van der Waals surface area contributed by atoms with Gasteiger partial charge in [-0.05, 0) is 44.2 Å². The number of anilines is 1. The van der Waals surface area contributed by atoms with Crippen LogP contribution >= 0.6 is 0 Å². The molecular weight excluding hydrogens is 258 g/mol. The second-order valence-electron chi connectivity index (χ2n) is 4.30. The van der Waals surface area contributed by atoms with E-state index in [2.05, 4.69) is 5.32 Å². The third-order valence-electron chi connectivity index (χ3n) is 2.46. The number of allylic oxidation sites excluding steroid dienone is 1. The lowest BCUT2D eigenvalue weighted by molar-refractivity contribution is -0.144. The van der Waals surface area contributed by atoms with Gasteiger partial charge in [-0.15, -0.1) is 0 Å². The number of benzene rings is 1. The van der Waals surface area contributed by atoms with Crippen molar-refractivity contribution in [3.05, 3.63) is 36.0 Å². The van der Waals surface area contributed by atoms with E-state index in [1.54, 1.807) is 13.2 Å². The number of esters is 1. The van der Waals surface area contributed by atoms with Crippen molar-refractivity contribution < 1.29 is 19.1 Å². The number of hydrogen-bond donors (Lipinski definition) is 1. The fourth-order valence-corrected chi connectivity index (χ4v) is 1.47. The first-order chi connectivity index (χ1) is 9.51. The van der Waals surface area contributed by atoms with Gasteiger partial charge < -0.3 is 14.8 Å². The molecular formula is C15H19NO4. The Kier molecular flexibility index (Phi) is 6.29. The zero-order chi connectivity index (χ0) is 15.0. The summed E-state index contributed by atoms with van der Waals surface area (Å²) >= 11 is 0. The summed E-state index contributed by atoms with van der Waals surface area (Å²) in [6, 6.07) is 7.47. The maximum absolute atomic E-state index is 11.2. The molecule has 0 aliphatic rings. The van der Waals surface area contributed by atoms with Crippen molar-refractivity contribution in [1.29, 1.82) is 0 Å². The molecule has 5 heteroatoms. The van der Waals surface area contributed by atoms with Gasteiger partial charge in [-0.1, -0.05) is 0 Å². The van der Waals surface area contributed by atoms with Crippen molar-refractivity contribution in [2.45, 2.75) is 20.3 Å². The second kappa shape index (κ2) is 7.99. The summed E-state index contributed by atoms with van der Waals surface area (Å²) in [6.07, 6.45) is 1.56. The van der Waals surface area contributed by atoms with E-state index in [1.807, 2.05) is 31.2 Å². The van der Waals surface area contributed by atoms with Crippen LogP contribution in [0.1, 0.15) is 20.3 Å². The van der Waals surface area contributed by atoms with Crippen molar-refractivity contribution in [3.8, 4) is 5.75 Å². The lowest BCUT2D eigenvalue weighted by atomic mass is 10.3. The molecule has 0 saturated heterocycles. The predicted octanol–water partition coefficient (Wildman–Crippen LogP) is 2.53.